The summed E-state index contributed by atoms with van der Waals surface area (Å²) in [6.45, 7) is 5.69. The Bertz CT molecular complexity index is 80.4. The van der Waals surface area contributed by atoms with Gasteiger partial charge in [-0.2, -0.15) is 0 Å². The Morgan fingerprint density at radius 3 is 1.75 bits per heavy atom. The average Bonchev–Trinajstić information content (AvgIpc) is 2.17. The molecule has 0 aromatic heterocycles. The van der Waals surface area contributed by atoms with E-state index >= 15 is 0 Å². The molecule has 0 heterocycles. The Labute approximate surface area is 74.0 Å². The largest absolute Gasteiger partial charge is 0.390 e. The molecule has 0 aromatic carbocycles. The number of hydrogen-bond donors (Lipinski definition) is 4. The lowest BCUT2D eigenvalue weighted by atomic mass is 10.1. The summed E-state index contributed by atoms with van der Waals surface area (Å²) in [5, 5.41) is 26.9. The van der Waals surface area contributed by atoms with Gasteiger partial charge in [-0.1, -0.05) is 20.8 Å². The van der Waals surface area contributed by atoms with Gasteiger partial charge in [0.25, 0.3) is 0 Å². The quantitative estimate of drug-likeness (QED) is 0.467. The molecule has 0 saturated carbocycles. The molecule has 0 aliphatic heterocycles. The van der Waals surface area contributed by atoms with Crippen LogP contribution in [0, 0.1) is 0 Å². The van der Waals surface area contributed by atoms with Gasteiger partial charge >= 0.3 is 0 Å². The van der Waals surface area contributed by atoms with E-state index in [1.807, 2.05) is 13.8 Å². The molecule has 4 nitrogen and oxygen atoms in total. The monoisotopic (exact) mass is 179 g/mol. The van der Waals surface area contributed by atoms with Crippen molar-refractivity contribution in [2.45, 2.75) is 45.5 Å². The van der Waals surface area contributed by atoms with Gasteiger partial charge in [-0.25, -0.2) is 0 Å². The van der Waals surface area contributed by atoms with Crippen molar-refractivity contribution in [2.24, 2.45) is 5.73 Å². The molecule has 0 fully saturated rings. The van der Waals surface area contributed by atoms with Gasteiger partial charge in [0, 0.05) is 6.54 Å². The first-order valence-electron chi connectivity index (χ1n) is 4.37. The summed E-state index contributed by atoms with van der Waals surface area (Å²) in [5.74, 6) is 0. The zero-order chi connectivity index (χ0) is 10.1. The summed E-state index contributed by atoms with van der Waals surface area (Å²) >= 11 is 0. The Hall–Kier alpha value is -0.160. The molecule has 4 heteroatoms. The lowest BCUT2D eigenvalue weighted by molar-refractivity contribution is -0.0558. The summed E-state index contributed by atoms with van der Waals surface area (Å²) in [6.07, 6.45) is -2.60. The van der Waals surface area contributed by atoms with Crippen molar-refractivity contribution < 1.29 is 15.3 Å². The predicted octanol–water partition coefficient (Wildman–Crippen LogP) is -0.536. The van der Waals surface area contributed by atoms with E-state index in [0.717, 1.165) is 0 Å². The van der Waals surface area contributed by atoms with Crippen molar-refractivity contribution in [1.82, 2.24) is 0 Å². The summed E-state index contributed by atoms with van der Waals surface area (Å²) in [4.78, 5) is 0. The molecular formula is C8H21NO3. The van der Waals surface area contributed by atoms with Gasteiger partial charge in [-0.3, -0.25) is 0 Å². The van der Waals surface area contributed by atoms with E-state index < -0.39 is 18.3 Å². The Morgan fingerprint density at radius 1 is 1.08 bits per heavy atom. The molecule has 0 aromatic rings. The van der Waals surface area contributed by atoms with Crippen molar-refractivity contribution in [3.8, 4) is 0 Å². The minimum atomic E-state index is -1.12. The molecule has 0 amide bonds. The van der Waals surface area contributed by atoms with Crippen LogP contribution < -0.4 is 5.73 Å². The van der Waals surface area contributed by atoms with Crippen LogP contribution in [0.4, 0.5) is 0 Å². The summed E-state index contributed by atoms with van der Waals surface area (Å²) in [5.41, 5.74) is 5.04. The van der Waals surface area contributed by atoms with Gasteiger partial charge < -0.3 is 21.1 Å². The first kappa shape index (κ1) is 14.4. The minimum Gasteiger partial charge on any atom is -0.390 e. The molecule has 0 spiro atoms. The SMILES string of the molecule is CC.CCC(O)C(O)C(O)CN. The maximum absolute atomic E-state index is 9.01. The number of rotatable bonds is 4. The van der Waals surface area contributed by atoms with Gasteiger partial charge in [0.05, 0.1) is 12.2 Å². The van der Waals surface area contributed by atoms with Gasteiger partial charge in [-0.15, -0.1) is 0 Å². The van der Waals surface area contributed by atoms with Gasteiger partial charge in [-0.05, 0) is 6.42 Å². The summed E-state index contributed by atoms with van der Waals surface area (Å²) in [7, 11) is 0. The van der Waals surface area contributed by atoms with E-state index in [9.17, 15) is 0 Å². The minimum absolute atomic E-state index is 0.0295. The number of nitrogens with two attached hydrogens (primary N) is 1. The van der Waals surface area contributed by atoms with E-state index in [4.69, 9.17) is 21.1 Å². The van der Waals surface area contributed by atoms with Crippen molar-refractivity contribution in [3.63, 3.8) is 0 Å². The van der Waals surface area contributed by atoms with Crippen molar-refractivity contribution >= 4 is 0 Å². The Balaban J connectivity index is 0. The average molecular weight is 179 g/mol. The summed E-state index contributed by atoms with van der Waals surface area (Å²) in [6, 6.07) is 0. The first-order valence-corrected chi connectivity index (χ1v) is 4.37. The molecule has 12 heavy (non-hydrogen) atoms. The molecule has 0 radical (unpaired) electrons. The highest BCUT2D eigenvalue weighted by Gasteiger charge is 2.21. The van der Waals surface area contributed by atoms with Crippen molar-refractivity contribution in [1.29, 1.82) is 0 Å². The standard InChI is InChI=1S/C6H15NO3.C2H6/c1-2-4(8)6(10)5(9)3-7;1-2/h4-6,8-10H,2-3,7H2,1H3;1-2H3. The second-order valence-corrected chi connectivity index (χ2v) is 2.27. The second-order valence-electron chi connectivity index (χ2n) is 2.27. The third-order valence-corrected chi connectivity index (χ3v) is 1.45. The molecular weight excluding hydrogens is 158 g/mol. The smallest absolute Gasteiger partial charge is 0.107 e. The van der Waals surface area contributed by atoms with Crippen LogP contribution in [-0.4, -0.2) is 40.2 Å². The normalized spacial score (nSPS) is 17.2. The molecule has 76 valence electrons. The zero-order valence-corrected chi connectivity index (χ0v) is 8.07. The highest BCUT2D eigenvalue weighted by molar-refractivity contribution is 4.74. The fraction of sp³-hybridized carbons (Fsp3) is 1.00. The van der Waals surface area contributed by atoms with Gasteiger partial charge in [0.1, 0.15) is 6.10 Å². The van der Waals surface area contributed by atoms with Crippen molar-refractivity contribution in [3.05, 3.63) is 0 Å². The third-order valence-electron chi connectivity index (χ3n) is 1.45. The molecule has 0 aliphatic carbocycles. The maximum atomic E-state index is 9.01. The van der Waals surface area contributed by atoms with Gasteiger partial charge in [0.2, 0.25) is 0 Å². The Morgan fingerprint density at radius 2 is 1.50 bits per heavy atom. The molecule has 5 N–H and O–H groups in total. The van der Waals surface area contributed by atoms with E-state index in [1.165, 1.54) is 0 Å². The van der Waals surface area contributed by atoms with Crippen LogP contribution >= 0.6 is 0 Å². The number of hydrogen-bond acceptors (Lipinski definition) is 4. The lowest BCUT2D eigenvalue weighted by Gasteiger charge is -2.20. The van der Waals surface area contributed by atoms with Crippen LogP contribution in [0.3, 0.4) is 0 Å². The van der Waals surface area contributed by atoms with Crippen LogP contribution in [0.25, 0.3) is 0 Å². The highest BCUT2D eigenvalue weighted by Crippen LogP contribution is 2.01. The fourth-order valence-corrected chi connectivity index (χ4v) is 0.637. The lowest BCUT2D eigenvalue weighted by Crippen LogP contribution is -2.41. The molecule has 3 unspecified atom stereocenters. The van der Waals surface area contributed by atoms with E-state index in [-0.39, 0.29) is 6.54 Å². The zero-order valence-electron chi connectivity index (χ0n) is 8.07. The first-order chi connectivity index (χ1) is 5.63. The van der Waals surface area contributed by atoms with Crippen LogP contribution in [0.5, 0.6) is 0 Å². The molecule has 3 atom stereocenters. The van der Waals surface area contributed by atoms with Crippen LogP contribution in [-0.2, 0) is 0 Å². The highest BCUT2D eigenvalue weighted by atomic mass is 16.4. The fourth-order valence-electron chi connectivity index (χ4n) is 0.637. The van der Waals surface area contributed by atoms with Crippen LogP contribution in [0.1, 0.15) is 27.2 Å². The topological polar surface area (TPSA) is 86.7 Å². The Kier molecular flexibility index (Phi) is 10.7. The van der Waals surface area contributed by atoms with Crippen molar-refractivity contribution in [2.75, 3.05) is 6.54 Å². The van der Waals surface area contributed by atoms with Gasteiger partial charge in [0.15, 0.2) is 0 Å². The molecule has 0 saturated heterocycles. The van der Waals surface area contributed by atoms with E-state index in [0.29, 0.717) is 6.42 Å². The van der Waals surface area contributed by atoms with Crippen LogP contribution in [0.15, 0.2) is 0 Å². The number of aliphatic hydroxyl groups is 3. The van der Waals surface area contributed by atoms with E-state index in [2.05, 4.69) is 0 Å². The van der Waals surface area contributed by atoms with E-state index in [1.54, 1.807) is 6.92 Å². The predicted molar refractivity (Wildman–Crippen MR) is 48.7 cm³/mol. The molecule has 0 aliphatic rings. The second kappa shape index (κ2) is 8.93. The third kappa shape index (κ3) is 5.49. The van der Waals surface area contributed by atoms with Crippen LogP contribution in [0.2, 0.25) is 0 Å². The summed E-state index contributed by atoms with van der Waals surface area (Å²) < 4.78 is 0. The maximum Gasteiger partial charge on any atom is 0.107 e. The molecule has 0 rings (SSSR count). The molecule has 0 bridgehead atoms. The number of aliphatic hydroxyl groups excluding tert-OH is 3.